The Morgan fingerprint density at radius 1 is 0.704 bits per heavy atom. The second kappa shape index (κ2) is 29.8. The van der Waals surface area contributed by atoms with E-state index in [1.165, 1.54) is 13.8 Å². The van der Waals surface area contributed by atoms with Crippen molar-refractivity contribution in [3.8, 4) is 12.1 Å². The van der Waals surface area contributed by atoms with E-state index < -0.39 is 16.4 Å². The van der Waals surface area contributed by atoms with Crippen molar-refractivity contribution in [3.05, 3.63) is 20.0 Å². The Hall–Kier alpha value is -0.961. The van der Waals surface area contributed by atoms with Crippen molar-refractivity contribution in [1.82, 2.24) is 0 Å². The molecule has 0 aliphatic carbocycles. The van der Waals surface area contributed by atoms with Gasteiger partial charge in [-0.2, -0.15) is 10.5 Å². The minimum absolute atomic E-state index is 0. The molecule has 0 atom stereocenters. The standard InChI is InChI=1S/C3H9O3P.2C2H3N.3CO.F6P.Mn/c1-4-7(5-2)6-3;2*1-2-3;3*1-2;1-7(2,3,4,5)6;/h1-3H3;2*1H3;;;;;/q;;;;;;-1;. The minimum atomic E-state index is -10.7. The van der Waals surface area contributed by atoms with Crippen LogP contribution < -0.4 is 0 Å². The Labute approximate surface area is 164 Å². The molecule has 17 heteroatoms. The monoisotopic (exact) mass is 490 g/mol. The Bertz CT molecular complexity index is 385. The van der Waals surface area contributed by atoms with Crippen LogP contribution in [-0.4, -0.2) is 21.3 Å². The van der Waals surface area contributed by atoms with E-state index in [-0.39, 0.29) is 17.1 Å². The van der Waals surface area contributed by atoms with Crippen LogP contribution in [0, 0.1) is 42.6 Å². The summed E-state index contributed by atoms with van der Waals surface area (Å²) in [7, 11) is -7.09. The molecule has 0 aliphatic rings. The van der Waals surface area contributed by atoms with Gasteiger partial charge in [-0.3, -0.25) is 0 Å². The first-order chi connectivity index (χ1) is 11.6. The third kappa shape index (κ3) is 523. The number of halogens is 6. The molecule has 161 valence electrons. The number of hydrogen-bond donors (Lipinski definition) is 0. The van der Waals surface area contributed by atoms with Gasteiger partial charge in [0.05, 0.1) is 12.1 Å². The van der Waals surface area contributed by atoms with Crippen LogP contribution in [0.15, 0.2) is 0 Å². The molecule has 0 N–H and O–H groups in total. The molecular formula is C10H15F6MnN2O6P2-. The maximum Gasteiger partial charge on any atom is 0 e. The molecule has 0 aliphatic heterocycles. The summed E-state index contributed by atoms with van der Waals surface area (Å²) < 4.78 is 95.7. The summed E-state index contributed by atoms with van der Waals surface area (Å²) in [6, 6.07) is 3.50. The van der Waals surface area contributed by atoms with Gasteiger partial charge in [0, 0.05) is 52.2 Å². The molecule has 0 spiro atoms. The van der Waals surface area contributed by atoms with E-state index in [1.54, 1.807) is 33.5 Å². The molecule has 27 heavy (non-hydrogen) atoms. The van der Waals surface area contributed by atoms with Crippen molar-refractivity contribution in [2.24, 2.45) is 0 Å². The molecule has 0 amide bonds. The van der Waals surface area contributed by atoms with Gasteiger partial charge in [0.2, 0.25) is 0 Å². The summed E-state index contributed by atoms with van der Waals surface area (Å²) in [5.41, 5.74) is 0. The van der Waals surface area contributed by atoms with Crippen molar-refractivity contribution in [2.45, 2.75) is 13.8 Å². The summed E-state index contributed by atoms with van der Waals surface area (Å²) >= 11 is 0. The van der Waals surface area contributed by atoms with E-state index in [9.17, 15) is 25.2 Å². The predicted molar refractivity (Wildman–Crippen MR) is 75.9 cm³/mol. The fourth-order valence-electron chi connectivity index (χ4n) is 0.224. The molecule has 0 saturated carbocycles. The van der Waals surface area contributed by atoms with Crippen LogP contribution in [0.4, 0.5) is 25.2 Å². The van der Waals surface area contributed by atoms with Gasteiger partial charge in [0.25, 0.3) is 0 Å². The van der Waals surface area contributed by atoms with Crippen molar-refractivity contribution in [1.29, 1.82) is 10.5 Å². The number of rotatable bonds is 3. The number of nitriles is 2. The van der Waals surface area contributed by atoms with Gasteiger partial charge in [0.1, 0.15) is 0 Å². The molecule has 8 nitrogen and oxygen atoms in total. The molecule has 0 heterocycles. The molecule has 0 fully saturated rings. The molecule has 0 bridgehead atoms. The van der Waals surface area contributed by atoms with Crippen LogP contribution >= 0.6 is 16.4 Å². The predicted octanol–water partition coefficient (Wildman–Crippen LogP) is 5.48. The largest absolute Gasteiger partial charge is 0 e. The van der Waals surface area contributed by atoms with Gasteiger partial charge in [0.15, 0.2) is 0 Å². The van der Waals surface area contributed by atoms with Gasteiger partial charge in [-0.05, 0) is 0 Å². The Balaban J connectivity index is -0.0000000281. The van der Waals surface area contributed by atoms with E-state index in [0.29, 0.717) is 0 Å². The average Bonchev–Trinajstić information content (AvgIpc) is 2.53. The fourth-order valence-corrected chi connectivity index (χ4v) is 0.671. The molecule has 0 unspecified atom stereocenters. The Morgan fingerprint density at radius 3 is 0.778 bits per heavy atom. The summed E-state index contributed by atoms with van der Waals surface area (Å²) in [4.78, 5) is 0. The van der Waals surface area contributed by atoms with E-state index in [2.05, 4.69) is 33.5 Å². The van der Waals surface area contributed by atoms with Gasteiger partial charge < -0.3 is 13.6 Å². The van der Waals surface area contributed by atoms with Gasteiger partial charge in [-0.25, -0.2) is 0 Å². The van der Waals surface area contributed by atoms with Crippen LogP contribution in [0.5, 0.6) is 0 Å². The molecule has 0 aromatic carbocycles. The quantitative estimate of drug-likeness (QED) is 0.170. The smallest absolute Gasteiger partial charge is 0 e. The second-order valence-electron chi connectivity index (χ2n) is 2.18. The molecular weight excluding hydrogens is 475 g/mol. The summed E-state index contributed by atoms with van der Waals surface area (Å²) in [5.74, 6) is 0. The van der Waals surface area contributed by atoms with E-state index in [0.717, 1.165) is 0 Å². The second-order valence-corrected chi connectivity index (χ2v) is 5.64. The molecule has 0 saturated heterocycles. The van der Waals surface area contributed by atoms with E-state index in [1.807, 2.05) is 0 Å². The number of hydrogen-bond acceptors (Lipinski definition) is 5. The third-order valence-corrected chi connectivity index (χ3v) is 1.34. The van der Waals surface area contributed by atoms with Gasteiger partial charge in [-0.1, -0.05) is 0 Å². The zero-order valence-corrected chi connectivity index (χ0v) is 17.4. The first-order valence-electron chi connectivity index (χ1n) is 4.85. The first-order valence-corrected chi connectivity index (χ1v) is 7.97. The van der Waals surface area contributed by atoms with Crippen LogP contribution in [0.25, 0.3) is 0 Å². The van der Waals surface area contributed by atoms with Crippen molar-refractivity contribution < 1.29 is 69.8 Å². The zero-order chi connectivity index (χ0) is 23.5. The maximum atomic E-state index is 9.87. The average molecular weight is 490 g/mol. The molecule has 0 aromatic heterocycles. The molecule has 0 rings (SSSR count). The normalized spacial score (nSPS) is 9.48. The minimum Gasteiger partial charge on any atom is 0 e. The van der Waals surface area contributed by atoms with Crippen molar-refractivity contribution in [2.75, 3.05) is 21.3 Å². The zero-order valence-electron chi connectivity index (χ0n) is 14.4. The Kier molecular flexibility index (Phi) is 55.4. The summed E-state index contributed by atoms with van der Waals surface area (Å²) in [6.45, 7) is 16.4. The van der Waals surface area contributed by atoms with Gasteiger partial charge >= 0.3 is 75.5 Å². The molecule has 1 radical (unpaired) electrons. The van der Waals surface area contributed by atoms with Crippen molar-refractivity contribution in [3.63, 3.8) is 0 Å². The van der Waals surface area contributed by atoms with E-state index in [4.69, 9.17) is 24.5 Å². The number of nitrogens with zero attached hydrogens (tertiary/aromatic N) is 2. The van der Waals surface area contributed by atoms with Crippen LogP contribution in [-0.2, 0) is 44.6 Å². The Morgan fingerprint density at radius 2 is 0.778 bits per heavy atom. The summed E-state index contributed by atoms with van der Waals surface area (Å²) in [6.07, 6.45) is 0. The van der Waals surface area contributed by atoms with Crippen LogP contribution in [0.3, 0.4) is 0 Å². The maximum absolute atomic E-state index is 10.7. The van der Waals surface area contributed by atoms with E-state index >= 15 is 0 Å². The van der Waals surface area contributed by atoms with Gasteiger partial charge in [-0.15, -0.1) is 0 Å². The SMILES string of the molecule is CC#N.CC#N.COP(OC)OC.F[P-](F)(F)(F)(F)F.[C-]#[O+].[C-]#[O+].[C-]#[O+].[Mn]. The third-order valence-electron chi connectivity index (χ3n) is 0.447. The van der Waals surface area contributed by atoms with Crippen LogP contribution in [0.1, 0.15) is 13.8 Å². The first kappa shape index (κ1) is 50.2. The van der Waals surface area contributed by atoms with Crippen LogP contribution in [0.2, 0.25) is 0 Å². The topological polar surface area (TPSA) is 135 Å². The molecule has 0 aromatic rings. The fraction of sp³-hybridized carbons (Fsp3) is 0.500. The van der Waals surface area contributed by atoms with Crippen molar-refractivity contribution >= 4 is 16.4 Å². The summed E-state index contributed by atoms with van der Waals surface area (Å²) in [5, 5.41) is 14.6.